The van der Waals surface area contributed by atoms with Gasteiger partial charge < -0.3 is 14.5 Å². The Labute approximate surface area is 175 Å². The van der Waals surface area contributed by atoms with E-state index in [2.05, 4.69) is 16.7 Å². The van der Waals surface area contributed by atoms with E-state index in [0.29, 0.717) is 0 Å². The number of rotatable bonds is 5. The average Bonchev–Trinajstić information content (AvgIpc) is 3.33. The van der Waals surface area contributed by atoms with Gasteiger partial charge in [-0.3, -0.25) is 14.9 Å². The van der Waals surface area contributed by atoms with Crippen LogP contribution in [-0.4, -0.2) is 30.1 Å². The first-order valence-corrected chi connectivity index (χ1v) is 10.8. The van der Waals surface area contributed by atoms with E-state index in [0.717, 1.165) is 61.5 Å². The fourth-order valence-electron chi connectivity index (χ4n) is 4.41. The molecule has 1 heterocycles. The molecular formula is C23H28N2O5. The Morgan fingerprint density at radius 2 is 1.83 bits per heavy atom. The lowest BCUT2D eigenvalue weighted by molar-refractivity contribution is -0.153. The average molecular weight is 412 g/mol. The largest absolute Gasteiger partial charge is 0.464 e. The molecule has 3 amide bonds. The van der Waals surface area contributed by atoms with Crippen LogP contribution in [-0.2, 0) is 33.6 Å². The molecule has 1 saturated carbocycles. The Morgan fingerprint density at radius 1 is 1.10 bits per heavy atom. The van der Waals surface area contributed by atoms with Crippen LogP contribution in [0.5, 0.6) is 0 Å². The SMILES string of the molecule is CC(OC(=O)Cc1coc2cc3c(cc12)CCC3)C(=O)NC(=O)NC1CCCCC1. The third kappa shape index (κ3) is 4.66. The van der Waals surface area contributed by atoms with Gasteiger partial charge in [-0.15, -0.1) is 0 Å². The highest BCUT2D eigenvalue weighted by Gasteiger charge is 2.23. The predicted molar refractivity (Wildman–Crippen MR) is 111 cm³/mol. The highest BCUT2D eigenvalue weighted by atomic mass is 16.5. The third-order valence-electron chi connectivity index (χ3n) is 6.06. The summed E-state index contributed by atoms with van der Waals surface area (Å²) in [5.74, 6) is -1.17. The van der Waals surface area contributed by atoms with E-state index in [4.69, 9.17) is 9.15 Å². The summed E-state index contributed by atoms with van der Waals surface area (Å²) in [5.41, 5.74) is 4.12. The first-order chi connectivity index (χ1) is 14.5. The molecule has 2 aromatic rings. The van der Waals surface area contributed by atoms with Crippen LogP contribution in [0.2, 0.25) is 0 Å². The summed E-state index contributed by atoms with van der Waals surface area (Å²) >= 11 is 0. The fraction of sp³-hybridized carbons (Fsp3) is 0.522. The van der Waals surface area contributed by atoms with Crippen LogP contribution in [0.25, 0.3) is 11.0 Å². The number of fused-ring (bicyclic) bond motifs is 2. The highest BCUT2D eigenvalue weighted by molar-refractivity contribution is 5.97. The number of esters is 1. The van der Waals surface area contributed by atoms with Crippen molar-refractivity contribution in [3.8, 4) is 0 Å². The van der Waals surface area contributed by atoms with E-state index in [1.54, 1.807) is 6.26 Å². The summed E-state index contributed by atoms with van der Waals surface area (Å²) in [6, 6.07) is 3.70. The molecule has 4 rings (SSSR count). The fourth-order valence-corrected chi connectivity index (χ4v) is 4.41. The molecule has 0 saturated heterocycles. The molecule has 2 aliphatic carbocycles. The zero-order chi connectivity index (χ0) is 21.1. The van der Waals surface area contributed by atoms with Crippen molar-refractivity contribution in [1.82, 2.24) is 10.6 Å². The maximum Gasteiger partial charge on any atom is 0.321 e. The van der Waals surface area contributed by atoms with Crippen LogP contribution in [0.3, 0.4) is 0 Å². The number of nitrogens with one attached hydrogen (secondary N) is 2. The second-order valence-corrected chi connectivity index (χ2v) is 8.34. The van der Waals surface area contributed by atoms with E-state index < -0.39 is 24.0 Å². The number of imide groups is 1. The lowest BCUT2D eigenvalue weighted by Gasteiger charge is -2.23. The van der Waals surface area contributed by atoms with Crippen LogP contribution in [0.15, 0.2) is 22.8 Å². The standard InChI is InChI=1S/C23H28N2O5/c1-14(22(27)25-23(28)24-18-8-3-2-4-9-18)30-21(26)12-17-13-29-20-11-16-7-5-6-15(16)10-19(17)20/h10-11,13-14,18H,2-9,12H2,1H3,(H2,24,25,27,28). The summed E-state index contributed by atoms with van der Waals surface area (Å²) in [4.78, 5) is 36.6. The molecule has 1 fully saturated rings. The van der Waals surface area contributed by atoms with E-state index in [1.165, 1.54) is 24.5 Å². The molecule has 2 N–H and O–H groups in total. The van der Waals surface area contributed by atoms with Gasteiger partial charge in [0.25, 0.3) is 5.91 Å². The molecule has 0 bridgehead atoms. The quantitative estimate of drug-likeness (QED) is 0.732. The highest BCUT2D eigenvalue weighted by Crippen LogP contribution is 2.30. The van der Waals surface area contributed by atoms with Crippen LogP contribution in [0.1, 0.15) is 62.1 Å². The lowest BCUT2D eigenvalue weighted by Crippen LogP contribution is -2.48. The van der Waals surface area contributed by atoms with E-state index in [-0.39, 0.29) is 12.5 Å². The van der Waals surface area contributed by atoms with Gasteiger partial charge in [-0.05, 0) is 62.3 Å². The number of hydrogen-bond acceptors (Lipinski definition) is 5. The van der Waals surface area contributed by atoms with Crippen molar-refractivity contribution in [1.29, 1.82) is 0 Å². The zero-order valence-electron chi connectivity index (χ0n) is 17.3. The molecule has 30 heavy (non-hydrogen) atoms. The summed E-state index contributed by atoms with van der Waals surface area (Å²) in [6.45, 7) is 1.46. The van der Waals surface area contributed by atoms with Crippen LogP contribution < -0.4 is 10.6 Å². The first kappa shape index (κ1) is 20.4. The van der Waals surface area contributed by atoms with Crippen molar-refractivity contribution in [3.05, 3.63) is 35.1 Å². The Bertz CT molecular complexity index is 958. The molecule has 7 nitrogen and oxygen atoms in total. The van der Waals surface area contributed by atoms with Crippen LogP contribution in [0.4, 0.5) is 4.79 Å². The Hall–Kier alpha value is -2.83. The number of benzene rings is 1. The maximum atomic E-state index is 12.4. The Kier molecular flexibility index (Phi) is 6.06. The summed E-state index contributed by atoms with van der Waals surface area (Å²) in [7, 11) is 0. The normalized spacial score (nSPS) is 17.4. The van der Waals surface area contributed by atoms with Crippen molar-refractivity contribution in [3.63, 3.8) is 0 Å². The van der Waals surface area contributed by atoms with Gasteiger partial charge in [0, 0.05) is 17.0 Å². The van der Waals surface area contributed by atoms with Crippen LogP contribution >= 0.6 is 0 Å². The van der Waals surface area contributed by atoms with Crippen molar-refractivity contribution in [2.75, 3.05) is 0 Å². The van der Waals surface area contributed by atoms with E-state index in [9.17, 15) is 14.4 Å². The van der Waals surface area contributed by atoms with Crippen molar-refractivity contribution >= 4 is 28.9 Å². The zero-order valence-corrected chi connectivity index (χ0v) is 17.3. The Balaban J connectivity index is 1.29. The number of carbonyl (C=O) groups excluding carboxylic acids is 3. The van der Waals surface area contributed by atoms with E-state index in [1.807, 2.05) is 6.07 Å². The van der Waals surface area contributed by atoms with Gasteiger partial charge in [-0.25, -0.2) is 4.79 Å². The first-order valence-electron chi connectivity index (χ1n) is 10.8. The van der Waals surface area contributed by atoms with Crippen LogP contribution in [0, 0.1) is 0 Å². The van der Waals surface area contributed by atoms with Gasteiger partial charge in [0.2, 0.25) is 0 Å². The summed E-state index contributed by atoms with van der Waals surface area (Å²) in [5, 5.41) is 5.99. The molecular weight excluding hydrogens is 384 g/mol. The smallest absolute Gasteiger partial charge is 0.321 e. The van der Waals surface area contributed by atoms with Gasteiger partial charge >= 0.3 is 12.0 Å². The Morgan fingerprint density at radius 3 is 2.60 bits per heavy atom. The van der Waals surface area contributed by atoms with E-state index >= 15 is 0 Å². The molecule has 1 aromatic heterocycles. The van der Waals surface area contributed by atoms with Gasteiger partial charge in [-0.1, -0.05) is 19.3 Å². The summed E-state index contributed by atoms with van der Waals surface area (Å²) in [6.07, 6.45) is 8.96. The molecule has 1 aromatic carbocycles. The second-order valence-electron chi connectivity index (χ2n) is 8.34. The number of furan rings is 1. The summed E-state index contributed by atoms with van der Waals surface area (Å²) < 4.78 is 10.9. The topological polar surface area (TPSA) is 97.6 Å². The van der Waals surface area contributed by atoms with Gasteiger partial charge in [0.05, 0.1) is 12.7 Å². The third-order valence-corrected chi connectivity index (χ3v) is 6.06. The van der Waals surface area contributed by atoms with Gasteiger partial charge in [-0.2, -0.15) is 0 Å². The number of ether oxygens (including phenoxy) is 1. The van der Waals surface area contributed by atoms with Crippen molar-refractivity contribution in [2.45, 2.75) is 76.9 Å². The molecule has 0 radical (unpaired) electrons. The van der Waals surface area contributed by atoms with Gasteiger partial charge in [0.1, 0.15) is 5.58 Å². The number of urea groups is 1. The van der Waals surface area contributed by atoms with Crippen molar-refractivity contribution in [2.24, 2.45) is 0 Å². The monoisotopic (exact) mass is 412 g/mol. The van der Waals surface area contributed by atoms with Crippen molar-refractivity contribution < 1.29 is 23.5 Å². The minimum atomic E-state index is -1.06. The number of amides is 3. The minimum absolute atomic E-state index is 0.0116. The molecule has 160 valence electrons. The molecule has 0 spiro atoms. The predicted octanol–water partition coefficient (Wildman–Crippen LogP) is 3.55. The number of carbonyl (C=O) groups is 3. The molecule has 0 aliphatic heterocycles. The molecule has 7 heteroatoms. The minimum Gasteiger partial charge on any atom is -0.464 e. The lowest BCUT2D eigenvalue weighted by atomic mass is 9.96. The second kappa shape index (κ2) is 8.90. The molecule has 1 atom stereocenters. The maximum absolute atomic E-state index is 12.4. The molecule has 2 aliphatic rings. The number of hydrogen-bond donors (Lipinski definition) is 2. The van der Waals surface area contributed by atoms with Gasteiger partial charge in [0.15, 0.2) is 6.10 Å². The molecule has 1 unspecified atom stereocenters. The number of aryl methyl sites for hydroxylation is 2.